The number of carboxylic acids is 1. The first kappa shape index (κ1) is 21.9. The number of rotatable bonds is 6. The third-order valence-electron chi connectivity index (χ3n) is 6.92. The summed E-state index contributed by atoms with van der Waals surface area (Å²) >= 11 is 0. The second-order valence-corrected chi connectivity index (χ2v) is 10.2. The van der Waals surface area contributed by atoms with E-state index in [1.165, 1.54) is 11.1 Å². The van der Waals surface area contributed by atoms with Gasteiger partial charge in [-0.3, -0.25) is 4.79 Å². The molecule has 1 spiro atoms. The molecule has 162 valence electrons. The molecule has 0 bridgehead atoms. The highest BCUT2D eigenvalue weighted by atomic mass is 16.5. The van der Waals surface area contributed by atoms with Gasteiger partial charge in [-0.1, -0.05) is 50.5 Å². The third kappa shape index (κ3) is 4.12. The number of carboxylic acid groups (broad SMARTS) is 1. The minimum Gasteiger partial charge on any atom is -0.489 e. The average molecular weight is 418 g/mol. The van der Waals surface area contributed by atoms with E-state index in [2.05, 4.69) is 39.0 Å². The molecule has 4 rings (SSSR count). The molecular formula is C26H31BO4. The van der Waals surface area contributed by atoms with Crippen LogP contribution in [-0.2, 0) is 28.0 Å². The molecule has 4 nitrogen and oxygen atoms in total. The normalized spacial score (nSPS) is 23.3. The van der Waals surface area contributed by atoms with Crippen LogP contribution in [0.3, 0.4) is 0 Å². The summed E-state index contributed by atoms with van der Waals surface area (Å²) in [5, 5.41) is 9.54. The Morgan fingerprint density at radius 3 is 2.68 bits per heavy atom. The first-order valence-corrected chi connectivity index (χ1v) is 11.1. The van der Waals surface area contributed by atoms with E-state index in [1.807, 2.05) is 18.2 Å². The van der Waals surface area contributed by atoms with Crippen LogP contribution in [0.4, 0.5) is 0 Å². The Hall–Kier alpha value is -2.27. The van der Waals surface area contributed by atoms with E-state index in [1.54, 1.807) is 7.11 Å². The molecule has 3 atom stereocenters. The number of ether oxygens (including phenoxy) is 2. The lowest BCUT2D eigenvalue weighted by Crippen LogP contribution is -2.26. The van der Waals surface area contributed by atoms with Crippen molar-refractivity contribution in [3.63, 3.8) is 0 Å². The van der Waals surface area contributed by atoms with Crippen molar-refractivity contribution in [2.75, 3.05) is 7.11 Å². The first-order chi connectivity index (χ1) is 14.7. The van der Waals surface area contributed by atoms with Gasteiger partial charge in [0, 0.05) is 12.5 Å². The number of hydrogen-bond acceptors (Lipinski definition) is 3. The molecule has 2 aliphatic rings. The maximum Gasteiger partial charge on any atom is 0.307 e. The average Bonchev–Trinajstić information content (AvgIpc) is 3.43. The molecule has 1 N–H and O–H groups in total. The zero-order valence-electron chi connectivity index (χ0n) is 18.9. The summed E-state index contributed by atoms with van der Waals surface area (Å²) in [5.41, 5.74) is 4.89. The molecule has 0 saturated heterocycles. The zero-order valence-corrected chi connectivity index (χ0v) is 18.9. The van der Waals surface area contributed by atoms with Gasteiger partial charge >= 0.3 is 5.97 Å². The van der Waals surface area contributed by atoms with E-state index in [0.29, 0.717) is 6.61 Å². The van der Waals surface area contributed by atoms with Crippen molar-refractivity contribution in [3.8, 4) is 5.75 Å². The van der Waals surface area contributed by atoms with Gasteiger partial charge in [-0.05, 0) is 65.5 Å². The molecule has 2 aromatic rings. The van der Waals surface area contributed by atoms with Gasteiger partial charge in [0.1, 0.15) is 20.2 Å². The van der Waals surface area contributed by atoms with Crippen molar-refractivity contribution in [2.24, 2.45) is 11.3 Å². The van der Waals surface area contributed by atoms with Crippen molar-refractivity contribution >= 4 is 19.3 Å². The van der Waals surface area contributed by atoms with Crippen LogP contribution >= 0.6 is 0 Å². The molecule has 0 aromatic heterocycles. The Morgan fingerprint density at radius 1 is 1.26 bits per heavy atom. The van der Waals surface area contributed by atoms with E-state index in [0.717, 1.165) is 48.0 Å². The molecule has 5 heteroatoms. The van der Waals surface area contributed by atoms with Gasteiger partial charge < -0.3 is 14.6 Å². The Kier molecular flexibility index (Phi) is 5.67. The second kappa shape index (κ2) is 8.01. The van der Waals surface area contributed by atoms with Crippen LogP contribution in [0, 0.1) is 11.3 Å². The van der Waals surface area contributed by atoms with Crippen molar-refractivity contribution in [2.45, 2.75) is 64.6 Å². The number of hydrogen-bond donors (Lipinski definition) is 1. The standard InChI is InChI=1S/C26H31BO4/c1-25(2,3)23(30-4)19-12-16(7-10-22(19)27)15-31-18-9-8-17-6-5-11-26(20(17)13-18)14-21(26)24(28)29/h7-10,12-13,21,23H,5-6,11,14-15H2,1-4H3,(H,28,29)/t21-,23-,26-/m0/s1. The van der Waals surface area contributed by atoms with Gasteiger partial charge in [-0.15, -0.1) is 0 Å². The van der Waals surface area contributed by atoms with Gasteiger partial charge in [0.15, 0.2) is 0 Å². The van der Waals surface area contributed by atoms with Crippen molar-refractivity contribution in [1.29, 1.82) is 0 Å². The lowest BCUT2D eigenvalue weighted by Gasteiger charge is -2.31. The highest BCUT2D eigenvalue weighted by Crippen LogP contribution is 2.60. The maximum atomic E-state index is 11.6. The van der Waals surface area contributed by atoms with Crippen molar-refractivity contribution in [1.82, 2.24) is 0 Å². The van der Waals surface area contributed by atoms with Crippen LogP contribution in [-0.4, -0.2) is 26.0 Å². The summed E-state index contributed by atoms with van der Waals surface area (Å²) in [6.45, 7) is 6.82. The summed E-state index contributed by atoms with van der Waals surface area (Å²) in [5.74, 6) is -0.154. The third-order valence-corrected chi connectivity index (χ3v) is 6.92. The molecule has 2 aliphatic carbocycles. The smallest absolute Gasteiger partial charge is 0.307 e. The summed E-state index contributed by atoms with van der Waals surface area (Å²) < 4.78 is 11.9. The first-order valence-electron chi connectivity index (χ1n) is 11.1. The molecule has 0 heterocycles. The van der Waals surface area contributed by atoms with E-state index >= 15 is 0 Å². The fourth-order valence-electron chi connectivity index (χ4n) is 5.31. The van der Waals surface area contributed by atoms with Crippen LogP contribution < -0.4 is 10.2 Å². The Balaban J connectivity index is 1.54. The molecule has 1 fully saturated rings. The van der Waals surface area contributed by atoms with Gasteiger partial charge in [-0.2, -0.15) is 0 Å². The monoisotopic (exact) mass is 418 g/mol. The Bertz CT molecular complexity index is 993. The van der Waals surface area contributed by atoms with Crippen LogP contribution in [0.25, 0.3) is 0 Å². The molecule has 2 aromatic carbocycles. The quantitative estimate of drug-likeness (QED) is 0.704. The van der Waals surface area contributed by atoms with E-state index in [9.17, 15) is 9.90 Å². The predicted molar refractivity (Wildman–Crippen MR) is 122 cm³/mol. The van der Waals surface area contributed by atoms with Crippen molar-refractivity contribution in [3.05, 3.63) is 58.7 Å². The molecule has 31 heavy (non-hydrogen) atoms. The minimum atomic E-state index is -0.680. The SMILES string of the molecule is [B]c1ccc(COc2ccc3c(c2)[C@]2(CCC3)C[C@H]2C(=O)O)cc1[C@H](OC)C(C)(C)C. The molecular weight excluding hydrogens is 387 g/mol. The number of fused-ring (bicyclic) bond motifs is 2. The van der Waals surface area contributed by atoms with Crippen molar-refractivity contribution < 1.29 is 19.4 Å². The largest absolute Gasteiger partial charge is 0.489 e. The Labute approximate surface area is 186 Å². The van der Waals surface area contributed by atoms with Crippen LogP contribution in [0.5, 0.6) is 5.75 Å². The summed E-state index contributed by atoms with van der Waals surface area (Å²) in [6, 6.07) is 12.1. The van der Waals surface area contributed by atoms with Gasteiger partial charge in [0.05, 0.1) is 12.0 Å². The number of aryl methyl sites for hydroxylation is 1. The zero-order chi connectivity index (χ0) is 22.4. The number of methoxy groups -OCH3 is 1. The lowest BCUT2D eigenvalue weighted by atomic mass is 9.78. The molecule has 0 amide bonds. The number of aliphatic carboxylic acids is 1. The van der Waals surface area contributed by atoms with Gasteiger partial charge in [0.25, 0.3) is 0 Å². The highest BCUT2D eigenvalue weighted by Gasteiger charge is 2.60. The van der Waals surface area contributed by atoms with Gasteiger partial charge in [-0.25, -0.2) is 0 Å². The van der Waals surface area contributed by atoms with E-state index in [-0.39, 0.29) is 22.9 Å². The van der Waals surface area contributed by atoms with E-state index < -0.39 is 5.97 Å². The summed E-state index contributed by atoms with van der Waals surface area (Å²) in [4.78, 5) is 11.6. The van der Waals surface area contributed by atoms with Crippen LogP contribution in [0.2, 0.25) is 0 Å². The fourth-order valence-corrected chi connectivity index (χ4v) is 5.31. The van der Waals surface area contributed by atoms with E-state index in [4.69, 9.17) is 17.3 Å². The topological polar surface area (TPSA) is 55.8 Å². The summed E-state index contributed by atoms with van der Waals surface area (Å²) in [6.07, 6.45) is 3.65. The molecule has 1 saturated carbocycles. The molecule has 0 aliphatic heterocycles. The Morgan fingerprint density at radius 2 is 2.03 bits per heavy atom. The second-order valence-electron chi connectivity index (χ2n) is 10.2. The maximum absolute atomic E-state index is 11.6. The molecule has 2 radical (unpaired) electrons. The lowest BCUT2D eigenvalue weighted by molar-refractivity contribution is -0.139. The minimum absolute atomic E-state index is 0.0832. The number of benzene rings is 2. The number of carbonyl (C=O) groups is 1. The molecule has 0 unspecified atom stereocenters. The van der Waals surface area contributed by atoms with Crippen LogP contribution in [0.1, 0.15) is 68.4 Å². The van der Waals surface area contributed by atoms with Gasteiger partial charge in [0.2, 0.25) is 0 Å². The fraction of sp³-hybridized carbons (Fsp3) is 0.500. The predicted octanol–water partition coefficient (Wildman–Crippen LogP) is 4.47. The highest BCUT2D eigenvalue weighted by molar-refractivity contribution is 6.33. The summed E-state index contributed by atoms with van der Waals surface area (Å²) in [7, 11) is 7.96. The van der Waals surface area contributed by atoms with Crippen LogP contribution in [0.15, 0.2) is 36.4 Å².